The molecule has 92 valence electrons. The van der Waals surface area contributed by atoms with E-state index in [0.29, 0.717) is 19.5 Å². The third-order valence-electron chi connectivity index (χ3n) is 2.81. The van der Waals surface area contributed by atoms with Crippen LogP contribution in [0.5, 0.6) is 0 Å². The summed E-state index contributed by atoms with van der Waals surface area (Å²) in [5, 5.41) is 2.74. The highest BCUT2D eigenvalue weighted by molar-refractivity contribution is 5.90. The molecule has 1 unspecified atom stereocenters. The highest BCUT2D eigenvalue weighted by Gasteiger charge is 2.33. The van der Waals surface area contributed by atoms with Gasteiger partial charge in [0.2, 0.25) is 11.8 Å². The second kappa shape index (κ2) is 5.30. The van der Waals surface area contributed by atoms with Gasteiger partial charge in [0.1, 0.15) is 0 Å². The molecule has 0 radical (unpaired) electrons. The zero-order chi connectivity index (χ0) is 12.2. The van der Waals surface area contributed by atoms with Crippen molar-refractivity contribution >= 4 is 11.8 Å². The molecule has 1 aliphatic heterocycles. The molecular weight excluding hydrogens is 206 g/mol. The summed E-state index contributed by atoms with van der Waals surface area (Å²) in [6.45, 7) is 5.11. The zero-order valence-corrected chi connectivity index (χ0v) is 10.1. The Morgan fingerprint density at radius 1 is 1.62 bits per heavy atom. The van der Waals surface area contributed by atoms with Crippen molar-refractivity contribution in [2.75, 3.05) is 19.6 Å². The van der Waals surface area contributed by atoms with Gasteiger partial charge in [-0.15, -0.1) is 0 Å². The molecule has 0 saturated carbocycles. The first kappa shape index (κ1) is 13.0. The van der Waals surface area contributed by atoms with Gasteiger partial charge >= 0.3 is 0 Å². The Morgan fingerprint density at radius 3 is 2.94 bits per heavy atom. The monoisotopic (exact) mass is 227 g/mol. The van der Waals surface area contributed by atoms with Gasteiger partial charge in [-0.25, -0.2) is 0 Å². The number of nitrogens with one attached hydrogen (secondary N) is 1. The van der Waals surface area contributed by atoms with E-state index in [1.54, 1.807) is 11.8 Å². The van der Waals surface area contributed by atoms with Crippen LogP contribution in [0, 0.1) is 0 Å². The predicted octanol–water partition coefficient (Wildman–Crippen LogP) is -0.148. The molecule has 0 aromatic rings. The number of nitrogens with two attached hydrogens (primary N) is 1. The zero-order valence-electron chi connectivity index (χ0n) is 10.1. The van der Waals surface area contributed by atoms with Crippen molar-refractivity contribution in [3.8, 4) is 0 Å². The van der Waals surface area contributed by atoms with Gasteiger partial charge in [0.15, 0.2) is 0 Å². The van der Waals surface area contributed by atoms with Crippen LogP contribution in [0.1, 0.15) is 33.1 Å². The summed E-state index contributed by atoms with van der Waals surface area (Å²) in [6.07, 6.45) is 2.29. The van der Waals surface area contributed by atoms with Crippen molar-refractivity contribution in [1.82, 2.24) is 10.2 Å². The van der Waals surface area contributed by atoms with Crippen LogP contribution in [0.3, 0.4) is 0 Å². The second-order valence-electron chi connectivity index (χ2n) is 4.60. The van der Waals surface area contributed by atoms with Crippen molar-refractivity contribution in [2.24, 2.45) is 5.73 Å². The average molecular weight is 227 g/mol. The number of hydrogen-bond donors (Lipinski definition) is 2. The first-order valence-corrected chi connectivity index (χ1v) is 5.82. The summed E-state index contributed by atoms with van der Waals surface area (Å²) in [7, 11) is 0. The largest absolute Gasteiger partial charge is 0.354 e. The molecule has 1 saturated heterocycles. The molecule has 0 aromatic heterocycles. The van der Waals surface area contributed by atoms with E-state index in [1.807, 2.05) is 6.92 Å². The minimum Gasteiger partial charge on any atom is -0.354 e. The number of carbonyl (C=O) groups excluding carboxylic acids is 2. The van der Waals surface area contributed by atoms with Crippen LogP contribution in [-0.2, 0) is 9.59 Å². The molecule has 0 bridgehead atoms. The van der Waals surface area contributed by atoms with E-state index < -0.39 is 5.54 Å². The first-order chi connectivity index (χ1) is 7.47. The average Bonchev–Trinajstić information content (AvgIpc) is 2.41. The van der Waals surface area contributed by atoms with Crippen LogP contribution in [0.15, 0.2) is 0 Å². The number of nitrogens with zero attached hydrogens (tertiary/aromatic N) is 1. The normalized spacial score (nSPS) is 20.9. The van der Waals surface area contributed by atoms with Crippen LogP contribution >= 0.6 is 0 Å². The summed E-state index contributed by atoms with van der Waals surface area (Å²) in [5.41, 5.74) is 5.13. The molecule has 16 heavy (non-hydrogen) atoms. The highest BCUT2D eigenvalue weighted by atomic mass is 16.2. The fraction of sp³-hybridized carbons (Fsp3) is 0.818. The molecule has 1 atom stereocenters. The third-order valence-corrected chi connectivity index (χ3v) is 2.81. The smallest absolute Gasteiger partial charge is 0.242 e. The van der Waals surface area contributed by atoms with E-state index in [9.17, 15) is 9.59 Å². The fourth-order valence-electron chi connectivity index (χ4n) is 1.97. The Morgan fingerprint density at radius 2 is 2.31 bits per heavy atom. The topological polar surface area (TPSA) is 75.4 Å². The predicted molar refractivity (Wildman–Crippen MR) is 61.7 cm³/mol. The Balaban J connectivity index is 2.67. The molecule has 0 aliphatic carbocycles. The maximum atomic E-state index is 12.1. The van der Waals surface area contributed by atoms with E-state index in [4.69, 9.17) is 5.73 Å². The standard InChI is InChI=1S/C11H21N3O2/c1-3-5-11(2,12)10(16)14-7-4-6-13-9(15)8-14/h3-8,12H2,1-2H3,(H,13,15). The Labute approximate surface area is 96.4 Å². The van der Waals surface area contributed by atoms with Gasteiger partial charge in [-0.05, 0) is 19.8 Å². The molecule has 1 fully saturated rings. The van der Waals surface area contributed by atoms with Crippen LogP contribution in [0.25, 0.3) is 0 Å². The summed E-state index contributed by atoms with van der Waals surface area (Å²) >= 11 is 0. The molecule has 2 amide bonds. The minimum absolute atomic E-state index is 0.0989. The minimum atomic E-state index is -0.848. The number of carbonyl (C=O) groups is 2. The molecule has 5 nitrogen and oxygen atoms in total. The molecule has 1 rings (SSSR count). The number of amides is 2. The van der Waals surface area contributed by atoms with Gasteiger partial charge < -0.3 is 16.0 Å². The molecule has 5 heteroatoms. The Kier molecular flexibility index (Phi) is 4.29. The lowest BCUT2D eigenvalue weighted by Gasteiger charge is -2.30. The van der Waals surface area contributed by atoms with E-state index in [2.05, 4.69) is 5.32 Å². The lowest BCUT2D eigenvalue weighted by atomic mass is 9.95. The van der Waals surface area contributed by atoms with Gasteiger partial charge in [0.25, 0.3) is 0 Å². The van der Waals surface area contributed by atoms with Crippen molar-refractivity contribution < 1.29 is 9.59 Å². The van der Waals surface area contributed by atoms with E-state index in [0.717, 1.165) is 12.8 Å². The van der Waals surface area contributed by atoms with Gasteiger partial charge in [0, 0.05) is 13.1 Å². The Hall–Kier alpha value is -1.10. The third kappa shape index (κ3) is 3.20. The SMILES string of the molecule is CCCC(C)(N)C(=O)N1CCCNC(=O)C1. The summed E-state index contributed by atoms with van der Waals surface area (Å²) in [6, 6.07) is 0. The summed E-state index contributed by atoms with van der Waals surface area (Å²) < 4.78 is 0. The molecular formula is C11H21N3O2. The quantitative estimate of drug-likeness (QED) is 0.704. The van der Waals surface area contributed by atoms with Crippen molar-refractivity contribution in [3.63, 3.8) is 0 Å². The number of rotatable bonds is 3. The molecule has 1 aliphatic rings. The first-order valence-electron chi connectivity index (χ1n) is 5.82. The summed E-state index contributed by atoms with van der Waals surface area (Å²) in [4.78, 5) is 25.0. The van der Waals surface area contributed by atoms with Crippen molar-refractivity contribution in [2.45, 2.75) is 38.6 Å². The lowest BCUT2D eigenvalue weighted by Crippen LogP contribution is -2.54. The molecule has 1 heterocycles. The lowest BCUT2D eigenvalue weighted by molar-refractivity contribution is -0.139. The second-order valence-corrected chi connectivity index (χ2v) is 4.60. The van der Waals surface area contributed by atoms with Crippen LogP contribution < -0.4 is 11.1 Å². The van der Waals surface area contributed by atoms with E-state index in [1.165, 1.54) is 0 Å². The van der Waals surface area contributed by atoms with Gasteiger partial charge in [-0.1, -0.05) is 13.3 Å². The van der Waals surface area contributed by atoms with E-state index >= 15 is 0 Å². The van der Waals surface area contributed by atoms with Crippen LogP contribution in [0.2, 0.25) is 0 Å². The maximum Gasteiger partial charge on any atom is 0.242 e. The van der Waals surface area contributed by atoms with Crippen molar-refractivity contribution in [1.29, 1.82) is 0 Å². The van der Waals surface area contributed by atoms with Gasteiger partial charge in [-0.3, -0.25) is 9.59 Å². The van der Waals surface area contributed by atoms with Crippen LogP contribution in [-0.4, -0.2) is 41.9 Å². The molecule has 0 spiro atoms. The van der Waals surface area contributed by atoms with Gasteiger partial charge in [0.05, 0.1) is 12.1 Å². The van der Waals surface area contributed by atoms with E-state index in [-0.39, 0.29) is 18.4 Å². The number of hydrogen-bond acceptors (Lipinski definition) is 3. The molecule has 3 N–H and O–H groups in total. The fourth-order valence-corrected chi connectivity index (χ4v) is 1.97. The Bertz CT molecular complexity index is 276. The highest BCUT2D eigenvalue weighted by Crippen LogP contribution is 2.13. The van der Waals surface area contributed by atoms with Crippen molar-refractivity contribution in [3.05, 3.63) is 0 Å². The summed E-state index contributed by atoms with van der Waals surface area (Å²) in [5.74, 6) is -0.218. The van der Waals surface area contributed by atoms with Crippen LogP contribution in [0.4, 0.5) is 0 Å². The molecule has 0 aromatic carbocycles. The maximum absolute atomic E-state index is 12.1. The van der Waals surface area contributed by atoms with Gasteiger partial charge in [-0.2, -0.15) is 0 Å².